The molecule has 0 bridgehead atoms. The Morgan fingerprint density at radius 3 is 2.54 bits per heavy atom. The fraction of sp³-hybridized carbons (Fsp3) is 0.900. The molecule has 1 saturated carbocycles. The van der Waals surface area contributed by atoms with Crippen molar-refractivity contribution in [1.82, 2.24) is 5.32 Å². The summed E-state index contributed by atoms with van der Waals surface area (Å²) in [6.45, 7) is 0. The van der Waals surface area contributed by atoms with E-state index in [9.17, 15) is 4.79 Å². The molecule has 0 aromatic heterocycles. The van der Waals surface area contributed by atoms with Gasteiger partial charge in [-0.05, 0) is 19.4 Å². The third-order valence-corrected chi connectivity index (χ3v) is 2.94. The van der Waals surface area contributed by atoms with Gasteiger partial charge in [-0.3, -0.25) is 4.79 Å². The largest absolute Gasteiger partial charge is 0.480 e. The topological polar surface area (TPSA) is 49.3 Å². The fourth-order valence-electron chi connectivity index (χ4n) is 2.10. The maximum Gasteiger partial charge on any atom is 0.320 e. The summed E-state index contributed by atoms with van der Waals surface area (Å²) >= 11 is 0. The molecule has 1 atom stereocenters. The molecule has 1 aliphatic rings. The SMILES string of the molecule is CN[C@@H](CC1CCCCC1)C(=O)O. The number of hydrogen-bond acceptors (Lipinski definition) is 2. The summed E-state index contributed by atoms with van der Waals surface area (Å²) in [4.78, 5) is 10.7. The van der Waals surface area contributed by atoms with E-state index in [-0.39, 0.29) is 6.04 Å². The third kappa shape index (κ3) is 3.35. The highest BCUT2D eigenvalue weighted by atomic mass is 16.4. The molecular formula is C10H19NO2. The molecule has 0 radical (unpaired) electrons. The summed E-state index contributed by atoms with van der Waals surface area (Å²) < 4.78 is 0. The Balaban J connectivity index is 2.31. The van der Waals surface area contributed by atoms with E-state index in [4.69, 9.17) is 5.11 Å². The van der Waals surface area contributed by atoms with Gasteiger partial charge in [0, 0.05) is 0 Å². The average Bonchev–Trinajstić information content (AvgIpc) is 2.15. The minimum Gasteiger partial charge on any atom is -0.480 e. The summed E-state index contributed by atoms with van der Waals surface area (Å²) in [5, 5.41) is 11.7. The minimum atomic E-state index is -0.715. The molecule has 3 nitrogen and oxygen atoms in total. The molecule has 0 spiro atoms. The van der Waals surface area contributed by atoms with Gasteiger partial charge in [0.2, 0.25) is 0 Å². The maximum absolute atomic E-state index is 10.7. The van der Waals surface area contributed by atoms with Gasteiger partial charge in [0.25, 0.3) is 0 Å². The van der Waals surface area contributed by atoms with Crippen LogP contribution in [0.5, 0.6) is 0 Å². The Hall–Kier alpha value is -0.570. The lowest BCUT2D eigenvalue weighted by Gasteiger charge is -2.24. The van der Waals surface area contributed by atoms with Crippen molar-refractivity contribution in [3.8, 4) is 0 Å². The van der Waals surface area contributed by atoms with Crippen LogP contribution in [0.2, 0.25) is 0 Å². The number of rotatable bonds is 4. The third-order valence-electron chi connectivity index (χ3n) is 2.94. The summed E-state index contributed by atoms with van der Waals surface area (Å²) in [5.74, 6) is -0.0876. The van der Waals surface area contributed by atoms with Crippen LogP contribution in [0.15, 0.2) is 0 Å². The molecule has 1 fully saturated rings. The molecule has 76 valence electrons. The first-order chi connectivity index (χ1) is 6.24. The zero-order chi connectivity index (χ0) is 9.68. The van der Waals surface area contributed by atoms with Crippen molar-refractivity contribution in [2.45, 2.75) is 44.6 Å². The van der Waals surface area contributed by atoms with Crippen LogP contribution in [0.1, 0.15) is 38.5 Å². The monoisotopic (exact) mass is 185 g/mol. The van der Waals surface area contributed by atoms with Gasteiger partial charge in [0.05, 0.1) is 0 Å². The molecule has 0 aromatic rings. The quantitative estimate of drug-likeness (QED) is 0.700. The Morgan fingerprint density at radius 2 is 2.08 bits per heavy atom. The van der Waals surface area contributed by atoms with Crippen LogP contribution in [-0.4, -0.2) is 24.2 Å². The molecule has 1 rings (SSSR count). The minimum absolute atomic E-state index is 0.344. The van der Waals surface area contributed by atoms with E-state index >= 15 is 0 Å². The van der Waals surface area contributed by atoms with Crippen molar-refractivity contribution >= 4 is 5.97 Å². The first-order valence-corrected chi connectivity index (χ1v) is 5.14. The van der Waals surface area contributed by atoms with Crippen LogP contribution >= 0.6 is 0 Å². The fourth-order valence-corrected chi connectivity index (χ4v) is 2.10. The van der Waals surface area contributed by atoms with Crippen LogP contribution in [0.4, 0.5) is 0 Å². The number of nitrogens with one attached hydrogen (secondary N) is 1. The van der Waals surface area contributed by atoms with Gasteiger partial charge in [0.15, 0.2) is 0 Å². The average molecular weight is 185 g/mol. The number of likely N-dealkylation sites (N-methyl/N-ethyl adjacent to an activating group) is 1. The first-order valence-electron chi connectivity index (χ1n) is 5.14. The predicted octanol–water partition coefficient (Wildman–Crippen LogP) is 1.63. The van der Waals surface area contributed by atoms with Gasteiger partial charge in [-0.15, -0.1) is 0 Å². The van der Waals surface area contributed by atoms with Gasteiger partial charge >= 0.3 is 5.97 Å². The molecule has 2 N–H and O–H groups in total. The van der Waals surface area contributed by atoms with Crippen LogP contribution < -0.4 is 5.32 Å². The summed E-state index contributed by atoms with van der Waals surface area (Å²) in [6, 6.07) is -0.344. The van der Waals surface area contributed by atoms with Crippen molar-refractivity contribution in [3.05, 3.63) is 0 Å². The number of carbonyl (C=O) groups is 1. The molecular weight excluding hydrogens is 166 g/mol. The molecule has 0 unspecified atom stereocenters. The highest BCUT2D eigenvalue weighted by Gasteiger charge is 2.22. The normalized spacial score (nSPS) is 21.3. The van der Waals surface area contributed by atoms with Crippen molar-refractivity contribution in [2.75, 3.05) is 7.05 Å². The standard InChI is InChI=1S/C10H19NO2/c1-11-9(10(12)13)7-8-5-3-2-4-6-8/h8-9,11H,2-7H2,1H3,(H,12,13)/t9-/m0/s1. The van der Waals surface area contributed by atoms with E-state index in [1.165, 1.54) is 32.1 Å². The second-order valence-electron chi connectivity index (χ2n) is 3.92. The Kier molecular flexibility index (Phi) is 4.22. The summed E-state index contributed by atoms with van der Waals surface area (Å²) in [7, 11) is 1.72. The first kappa shape index (κ1) is 10.5. The van der Waals surface area contributed by atoms with E-state index < -0.39 is 5.97 Å². The van der Waals surface area contributed by atoms with Gasteiger partial charge in [0.1, 0.15) is 6.04 Å². The Labute approximate surface area is 79.5 Å². The number of aliphatic carboxylic acids is 1. The van der Waals surface area contributed by atoms with Crippen LogP contribution in [0.25, 0.3) is 0 Å². The molecule has 3 heteroatoms. The smallest absolute Gasteiger partial charge is 0.320 e. The number of carboxylic acid groups (broad SMARTS) is 1. The van der Waals surface area contributed by atoms with Gasteiger partial charge < -0.3 is 10.4 Å². The van der Waals surface area contributed by atoms with E-state index in [0.717, 1.165) is 6.42 Å². The Morgan fingerprint density at radius 1 is 1.46 bits per heavy atom. The summed E-state index contributed by atoms with van der Waals surface area (Å²) in [5.41, 5.74) is 0. The summed E-state index contributed by atoms with van der Waals surface area (Å²) in [6.07, 6.45) is 7.11. The molecule has 0 aliphatic heterocycles. The van der Waals surface area contributed by atoms with Crippen LogP contribution in [-0.2, 0) is 4.79 Å². The molecule has 1 aliphatic carbocycles. The zero-order valence-electron chi connectivity index (χ0n) is 8.25. The van der Waals surface area contributed by atoms with Crippen molar-refractivity contribution in [2.24, 2.45) is 5.92 Å². The highest BCUT2D eigenvalue weighted by Crippen LogP contribution is 2.27. The highest BCUT2D eigenvalue weighted by molar-refractivity contribution is 5.73. The van der Waals surface area contributed by atoms with E-state index in [0.29, 0.717) is 5.92 Å². The second-order valence-corrected chi connectivity index (χ2v) is 3.92. The van der Waals surface area contributed by atoms with Crippen LogP contribution in [0.3, 0.4) is 0 Å². The lowest BCUT2D eigenvalue weighted by atomic mass is 9.85. The Bertz CT molecular complexity index is 164. The molecule has 0 heterocycles. The van der Waals surface area contributed by atoms with Crippen LogP contribution in [0, 0.1) is 5.92 Å². The molecule has 0 saturated heterocycles. The molecule has 0 amide bonds. The number of carboxylic acids is 1. The van der Waals surface area contributed by atoms with E-state index in [1.54, 1.807) is 7.05 Å². The molecule has 0 aromatic carbocycles. The van der Waals surface area contributed by atoms with Crippen molar-refractivity contribution in [1.29, 1.82) is 0 Å². The zero-order valence-corrected chi connectivity index (χ0v) is 8.25. The van der Waals surface area contributed by atoms with Gasteiger partial charge in [-0.1, -0.05) is 32.1 Å². The molecule has 13 heavy (non-hydrogen) atoms. The number of hydrogen-bond donors (Lipinski definition) is 2. The van der Waals surface area contributed by atoms with Crippen molar-refractivity contribution in [3.63, 3.8) is 0 Å². The maximum atomic E-state index is 10.7. The van der Waals surface area contributed by atoms with E-state index in [2.05, 4.69) is 5.32 Å². The lowest BCUT2D eigenvalue weighted by molar-refractivity contribution is -0.139. The van der Waals surface area contributed by atoms with E-state index in [1.807, 2.05) is 0 Å². The second kappa shape index (κ2) is 5.22. The van der Waals surface area contributed by atoms with Gasteiger partial charge in [-0.25, -0.2) is 0 Å². The van der Waals surface area contributed by atoms with Gasteiger partial charge in [-0.2, -0.15) is 0 Å². The lowest BCUT2D eigenvalue weighted by Crippen LogP contribution is -2.36. The predicted molar refractivity (Wildman–Crippen MR) is 51.7 cm³/mol. The van der Waals surface area contributed by atoms with Crippen molar-refractivity contribution < 1.29 is 9.90 Å².